The van der Waals surface area contributed by atoms with Gasteiger partial charge in [-0.05, 0) is 31.7 Å². The molecule has 2 aromatic rings. The van der Waals surface area contributed by atoms with Gasteiger partial charge in [0, 0.05) is 31.9 Å². The van der Waals surface area contributed by atoms with Crippen molar-refractivity contribution in [1.82, 2.24) is 20.4 Å². The standard InChI is InChI=1S/C17H19Cl2N5O2.ClH/c1-23-7-5-20-9-14(23)15-21-16(26-22-15)11-4-6-24(17(11)25)10-2-3-12(18)13(19)8-10;/h2-3,8,11,14,20H,4-7,9H2,1H3;1H. The summed E-state index contributed by atoms with van der Waals surface area (Å²) in [5, 5.41) is 8.33. The van der Waals surface area contributed by atoms with Crippen LogP contribution >= 0.6 is 35.6 Å². The molecule has 27 heavy (non-hydrogen) atoms. The van der Waals surface area contributed by atoms with Gasteiger partial charge >= 0.3 is 0 Å². The molecule has 1 aromatic carbocycles. The summed E-state index contributed by atoms with van der Waals surface area (Å²) in [5.74, 6) is 0.517. The third kappa shape index (κ3) is 3.93. The first-order valence-corrected chi connectivity index (χ1v) is 9.31. The van der Waals surface area contributed by atoms with Gasteiger partial charge < -0.3 is 14.7 Å². The number of piperazine rings is 1. The summed E-state index contributed by atoms with van der Waals surface area (Å²) >= 11 is 12.0. The molecule has 10 heteroatoms. The number of rotatable bonds is 3. The van der Waals surface area contributed by atoms with Gasteiger partial charge in [0.25, 0.3) is 0 Å². The Kier molecular flexibility index (Phi) is 6.28. The Labute approximate surface area is 173 Å². The first-order chi connectivity index (χ1) is 12.5. The van der Waals surface area contributed by atoms with Crippen molar-refractivity contribution in [2.75, 3.05) is 38.1 Å². The van der Waals surface area contributed by atoms with Crippen molar-refractivity contribution in [2.24, 2.45) is 0 Å². The van der Waals surface area contributed by atoms with Crippen molar-refractivity contribution in [3.05, 3.63) is 40.0 Å². The fraction of sp³-hybridized carbons (Fsp3) is 0.471. The summed E-state index contributed by atoms with van der Waals surface area (Å²) in [7, 11) is 2.04. The zero-order chi connectivity index (χ0) is 18.3. The van der Waals surface area contributed by atoms with Crippen molar-refractivity contribution in [3.63, 3.8) is 0 Å². The van der Waals surface area contributed by atoms with Crippen LogP contribution in [0.1, 0.15) is 30.1 Å². The van der Waals surface area contributed by atoms with Crippen molar-refractivity contribution in [3.8, 4) is 0 Å². The van der Waals surface area contributed by atoms with Crippen LogP contribution in [0.15, 0.2) is 22.7 Å². The van der Waals surface area contributed by atoms with Gasteiger partial charge in [0.05, 0.1) is 16.1 Å². The number of hydrogen-bond donors (Lipinski definition) is 1. The highest BCUT2D eigenvalue weighted by Crippen LogP contribution is 2.34. The number of benzene rings is 1. The second-order valence-corrected chi connectivity index (χ2v) is 7.44. The number of nitrogens with one attached hydrogen (secondary N) is 1. The molecule has 3 heterocycles. The fourth-order valence-corrected chi connectivity index (χ4v) is 3.73. The van der Waals surface area contributed by atoms with E-state index in [9.17, 15) is 4.79 Å². The quantitative estimate of drug-likeness (QED) is 0.804. The maximum atomic E-state index is 12.9. The van der Waals surface area contributed by atoms with E-state index in [4.69, 9.17) is 27.7 Å². The van der Waals surface area contributed by atoms with E-state index in [1.807, 2.05) is 7.05 Å². The molecule has 2 fully saturated rings. The molecule has 1 amide bonds. The van der Waals surface area contributed by atoms with Gasteiger partial charge in [-0.2, -0.15) is 4.98 Å². The Hall–Kier alpha value is -1.38. The number of amides is 1. The number of nitrogens with zero attached hydrogens (tertiary/aromatic N) is 4. The first kappa shape index (κ1) is 20.4. The molecule has 0 radical (unpaired) electrons. The van der Waals surface area contributed by atoms with Crippen molar-refractivity contribution < 1.29 is 9.32 Å². The van der Waals surface area contributed by atoms with E-state index in [-0.39, 0.29) is 24.4 Å². The van der Waals surface area contributed by atoms with Gasteiger partial charge in [0.15, 0.2) is 5.82 Å². The topological polar surface area (TPSA) is 74.5 Å². The zero-order valence-electron chi connectivity index (χ0n) is 14.7. The monoisotopic (exact) mass is 431 g/mol. The minimum atomic E-state index is -0.424. The molecule has 4 rings (SSSR count). The lowest BCUT2D eigenvalue weighted by Gasteiger charge is -2.30. The predicted molar refractivity (Wildman–Crippen MR) is 106 cm³/mol. The van der Waals surface area contributed by atoms with Crippen LogP contribution < -0.4 is 10.2 Å². The van der Waals surface area contributed by atoms with E-state index in [0.29, 0.717) is 34.7 Å². The number of hydrogen-bond acceptors (Lipinski definition) is 6. The molecule has 146 valence electrons. The van der Waals surface area contributed by atoms with E-state index in [1.54, 1.807) is 23.1 Å². The fourth-order valence-electron chi connectivity index (χ4n) is 3.44. The first-order valence-electron chi connectivity index (χ1n) is 8.55. The van der Waals surface area contributed by atoms with E-state index in [2.05, 4.69) is 20.4 Å². The summed E-state index contributed by atoms with van der Waals surface area (Å²) < 4.78 is 5.44. The Morgan fingerprint density at radius 1 is 1.26 bits per heavy atom. The smallest absolute Gasteiger partial charge is 0.239 e. The summed E-state index contributed by atoms with van der Waals surface area (Å²) in [6, 6.07) is 5.24. The highest BCUT2D eigenvalue weighted by Gasteiger charge is 2.38. The number of likely N-dealkylation sites (N-methyl/N-ethyl adjacent to an activating group) is 1. The lowest BCUT2D eigenvalue weighted by atomic mass is 10.1. The third-order valence-corrected chi connectivity index (χ3v) is 5.72. The molecule has 0 aliphatic carbocycles. The van der Waals surface area contributed by atoms with E-state index in [0.717, 1.165) is 25.3 Å². The Bertz CT molecular complexity index is 831. The van der Waals surface area contributed by atoms with Crippen LogP contribution in [0.3, 0.4) is 0 Å². The lowest BCUT2D eigenvalue weighted by Crippen LogP contribution is -2.44. The van der Waals surface area contributed by atoms with Crippen LogP contribution in [0.5, 0.6) is 0 Å². The summed E-state index contributed by atoms with van der Waals surface area (Å²) in [4.78, 5) is 21.2. The highest BCUT2D eigenvalue weighted by atomic mass is 35.5. The summed E-state index contributed by atoms with van der Waals surface area (Å²) in [5.41, 5.74) is 0.725. The lowest BCUT2D eigenvalue weighted by molar-refractivity contribution is -0.118. The van der Waals surface area contributed by atoms with E-state index >= 15 is 0 Å². The molecule has 1 aromatic heterocycles. The second-order valence-electron chi connectivity index (χ2n) is 6.62. The Balaban J connectivity index is 0.00000210. The van der Waals surface area contributed by atoms with Gasteiger partial charge in [-0.3, -0.25) is 9.69 Å². The average Bonchev–Trinajstić information content (AvgIpc) is 3.24. The molecule has 2 unspecified atom stereocenters. The van der Waals surface area contributed by atoms with Gasteiger partial charge in [0.2, 0.25) is 11.8 Å². The van der Waals surface area contributed by atoms with Gasteiger partial charge in [-0.1, -0.05) is 28.4 Å². The number of carbonyl (C=O) groups is 1. The van der Waals surface area contributed by atoms with E-state index < -0.39 is 5.92 Å². The van der Waals surface area contributed by atoms with E-state index in [1.165, 1.54) is 0 Å². The summed E-state index contributed by atoms with van der Waals surface area (Å²) in [6.07, 6.45) is 0.624. The van der Waals surface area contributed by atoms with Crippen LogP contribution in [-0.2, 0) is 4.79 Å². The Morgan fingerprint density at radius 2 is 2.07 bits per heavy atom. The molecular weight excluding hydrogens is 413 g/mol. The molecule has 2 atom stereocenters. The molecular formula is C17H20Cl3N5O2. The Morgan fingerprint density at radius 3 is 2.81 bits per heavy atom. The van der Waals surface area contributed by atoms with Crippen LogP contribution in [0.25, 0.3) is 0 Å². The van der Waals surface area contributed by atoms with Crippen LogP contribution in [-0.4, -0.2) is 54.2 Å². The molecule has 7 nitrogen and oxygen atoms in total. The van der Waals surface area contributed by atoms with Crippen LogP contribution in [0, 0.1) is 0 Å². The van der Waals surface area contributed by atoms with Gasteiger partial charge in [-0.25, -0.2) is 0 Å². The largest absolute Gasteiger partial charge is 0.338 e. The van der Waals surface area contributed by atoms with Crippen molar-refractivity contribution in [2.45, 2.75) is 18.4 Å². The molecule has 2 aliphatic rings. The normalized spacial score (nSPS) is 23.5. The van der Waals surface area contributed by atoms with Gasteiger partial charge in [-0.15, -0.1) is 12.4 Å². The number of aromatic nitrogens is 2. The van der Waals surface area contributed by atoms with Crippen LogP contribution in [0.2, 0.25) is 10.0 Å². The van der Waals surface area contributed by atoms with Crippen molar-refractivity contribution in [1.29, 1.82) is 0 Å². The van der Waals surface area contributed by atoms with Crippen LogP contribution in [0.4, 0.5) is 5.69 Å². The SMILES string of the molecule is CN1CCNCC1c1noc(C2CCN(c3ccc(Cl)c(Cl)c3)C2=O)n1.Cl. The number of carbonyl (C=O) groups excluding carboxylic acids is 1. The van der Waals surface area contributed by atoms with Gasteiger partial charge in [0.1, 0.15) is 5.92 Å². The maximum absolute atomic E-state index is 12.9. The minimum absolute atomic E-state index is 0. The number of halogens is 3. The predicted octanol–water partition coefficient (Wildman–Crippen LogP) is 2.89. The highest BCUT2D eigenvalue weighted by molar-refractivity contribution is 6.42. The van der Waals surface area contributed by atoms with Crippen molar-refractivity contribution >= 4 is 47.2 Å². The molecule has 2 saturated heterocycles. The molecule has 2 aliphatic heterocycles. The molecule has 0 bridgehead atoms. The third-order valence-electron chi connectivity index (χ3n) is 4.98. The molecule has 1 N–H and O–H groups in total. The second kappa shape index (κ2) is 8.32. The molecule has 0 spiro atoms. The molecule has 0 saturated carbocycles. The zero-order valence-corrected chi connectivity index (χ0v) is 17.0. The summed E-state index contributed by atoms with van der Waals surface area (Å²) in [6.45, 7) is 3.20. The average molecular weight is 433 g/mol. The maximum Gasteiger partial charge on any atom is 0.239 e. The minimum Gasteiger partial charge on any atom is -0.338 e. The number of anilines is 1.